The fourth-order valence-electron chi connectivity index (χ4n) is 1.40. The van der Waals surface area contributed by atoms with E-state index in [0.29, 0.717) is 0 Å². The Morgan fingerprint density at radius 2 is 1.76 bits per heavy atom. The zero-order valence-corrected chi connectivity index (χ0v) is 9.64. The van der Waals surface area contributed by atoms with Crippen molar-refractivity contribution in [3.8, 4) is 17.2 Å². The summed E-state index contributed by atoms with van der Waals surface area (Å²) < 4.78 is 4.89. The quantitative estimate of drug-likeness (QED) is 0.542. The van der Waals surface area contributed by atoms with Crippen molar-refractivity contribution in [1.29, 1.82) is 0 Å². The van der Waals surface area contributed by atoms with Crippen LogP contribution in [0.15, 0.2) is 12.1 Å². The molecule has 0 amide bonds. The van der Waals surface area contributed by atoms with Crippen LogP contribution >= 0.6 is 0 Å². The lowest BCUT2D eigenvalue weighted by atomic mass is 10.1. The Kier molecular flexibility index (Phi) is 4.63. The minimum atomic E-state index is -0.795. The summed E-state index contributed by atoms with van der Waals surface area (Å²) in [5.74, 6) is -2.11. The molecule has 1 aromatic rings. The second kappa shape index (κ2) is 5.98. The van der Waals surface area contributed by atoms with Gasteiger partial charge in [-0.1, -0.05) is 19.8 Å². The first-order valence-electron chi connectivity index (χ1n) is 5.48. The maximum absolute atomic E-state index is 11.5. The maximum atomic E-state index is 11.5. The van der Waals surface area contributed by atoms with Crippen LogP contribution in [0.25, 0.3) is 0 Å². The third-order valence-electron chi connectivity index (χ3n) is 2.27. The van der Waals surface area contributed by atoms with Gasteiger partial charge >= 0.3 is 5.97 Å². The Bertz CT molecular complexity index is 377. The van der Waals surface area contributed by atoms with Crippen molar-refractivity contribution in [3.05, 3.63) is 17.7 Å². The molecule has 94 valence electrons. The number of carbonyl (C=O) groups excluding carboxylic acids is 1. The number of hydrogen-bond acceptors (Lipinski definition) is 5. The molecular formula is C12H16O5. The van der Waals surface area contributed by atoms with Crippen LogP contribution in [-0.4, -0.2) is 27.9 Å². The van der Waals surface area contributed by atoms with Gasteiger partial charge in [0, 0.05) is 12.1 Å². The monoisotopic (exact) mass is 240 g/mol. The Labute approximate surface area is 99.3 Å². The van der Waals surface area contributed by atoms with Crippen molar-refractivity contribution in [2.75, 3.05) is 6.61 Å². The van der Waals surface area contributed by atoms with E-state index in [1.807, 2.05) is 6.92 Å². The molecule has 0 aliphatic rings. The van der Waals surface area contributed by atoms with Crippen molar-refractivity contribution in [2.24, 2.45) is 0 Å². The summed E-state index contributed by atoms with van der Waals surface area (Å²) in [6, 6.07) is 1.95. The Morgan fingerprint density at radius 3 is 2.29 bits per heavy atom. The zero-order chi connectivity index (χ0) is 12.8. The molecule has 0 saturated heterocycles. The molecule has 0 spiro atoms. The van der Waals surface area contributed by atoms with Crippen LogP contribution in [-0.2, 0) is 4.74 Å². The summed E-state index contributed by atoms with van der Waals surface area (Å²) in [6.07, 6.45) is 2.69. The van der Waals surface area contributed by atoms with E-state index in [-0.39, 0.29) is 17.9 Å². The van der Waals surface area contributed by atoms with Crippen LogP contribution in [0.3, 0.4) is 0 Å². The third kappa shape index (κ3) is 3.55. The number of carbonyl (C=O) groups is 1. The first kappa shape index (κ1) is 13.2. The highest BCUT2D eigenvalue weighted by Crippen LogP contribution is 2.32. The van der Waals surface area contributed by atoms with Gasteiger partial charge in [-0.2, -0.15) is 0 Å². The van der Waals surface area contributed by atoms with Gasteiger partial charge in [0.25, 0.3) is 0 Å². The van der Waals surface area contributed by atoms with Gasteiger partial charge in [0.1, 0.15) is 22.8 Å². The van der Waals surface area contributed by atoms with E-state index < -0.39 is 17.5 Å². The van der Waals surface area contributed by atoms with Crippen molar-refractivity contribution >= 4 is 5.97 Å². The summed E-state index contributed by atoms with van der Waals surface area (Å²) in [4.78, 5) is 11.5. The predicted octanol–water partition coefficient (Wildman–Crippen LogP) is 2.15. The van der Waals surface area contributed by atoms with E-state index >= 15 is 0 Å². The van der Waals surface area contributed by atoms with Crippen molar-refractivity contribution in [2.45, 2.75) is 26.2 Å². The molecule has 17 heavy (non-hydrogen) atoms. The zero-order valence-electron chi connectivity index (χ0n) is 9.64. The molecule has 0 heterocycles. The Balaban J connectivity index is 2.69. The molecule has 0 saturated carbocycles. The van der Waals surface area contributed by atoms with Crippen molar-refractivity contribution in [3.63, 3.8) is 0 Å². The van der Waals surface area contributed by atoms with E-state index in [2.05, 4.69) is 0 Å². The van der Waals surface area contributed by atoms with Crippen LogP contribution in [0.2, 0.25) is 0 Å². The number of aromatic hydroxyl groups is 3. The molecule has 5 heteroatoms. The highest BCUT2D eigenvalue weighted by atomic mass is 16.5. The van der Waals surface area contributed by atoms with Crippen LogP contribution in [0.5, 0.6) is 17.2 Å². The predicted molar refractivity (Wildman–Crippen MR) is 61.2 cm³/mol. The number of benzene rings is 1. The minimum absolute atomic E-state index is 0.242. The summed E-state index contributed by atoms with van der Waals surface area (Å²) >= 11 is 0. The van der Waals surface area contributed by atoms with E-state index in [1.165, 1.54) is 0 Å². The average molecular weight is 240 g/mol. The smallest absolute Gasteiger partial charge is 0.345 e. The maximum Gasteiger partial charge on any atom is 0.345 e. The molecule has 1 rings (SSSR count). The Morgan fingerprint density at radius 1 is 1.18 bits per heavy atom. The van der Waals surface area contributed by atoms with Crippen LogP contribution in [0, 0.1) is 0 Å². The number of esters is 1. The molecular weight excluding hydrogens is 224 g/mol. The molecule has 0 fully saturated rings. The number of ether oxygens (including phenoxy) is 1. The molecule has 1 aromatic carbocycles. The molecule has 0 unspecified atom stereocenters. The number of phenolic OH excluding ortho intramolecular Hbond substituents is 3. The lowest BCUT2D eigenvalue weighted by Gasteiger charge is -2.08. The fourth-order valence-corrected chi connectivity index (χ4v) is 1.40. The summed E-state index contributed by atoms with van der Waals surface area (Å²) in [5, 5.41) is 27.9. The number of unbranched alkanes of at least 4 members (excludes halogenated alkanes) is 2. The van der Waals surface area contributed by atoms with Gasteiger partial charge in [0.05, 0.1) is 6.61 Å². The summed E-state index contributed by atoms with van der Waals surface area (Å²) in [5.41, 5.74) is -0.320. The first-order valence-corrected chi connectivity index (χ1v) is 5.48. The van der Waals surface area contributed by atoms with E-state index in [1.54, 1.807) is 0 Å². The van der Waals surface area contributed by atoms with Gasteiger partial charge < -0.3 is 20.1 Å². The number of rotatable bonds is 5. The van der Waals surface area contributed by atoms with Gasteiger partial charge in [-0.25, -0.2) is 4.79 Å². The molecule has 0 bridgehead atoms. The molecule has 0 radical (unpaired) electrons. The third-order valence-corrected chi connectivity index (χ3v) is 2.27. The highest BCUT2D eigenvalue weighted by Gasteiger charge is 2.18. The second-order valence-corrected chi connectivity index (χ2v) is 3.70. The van der Waals surface area contributed by atoms with Crippen LogP contribution < -0.4 is 0 Å². The van der Waals surface area contributed by atoms with E-state index in [0.717, 1.165) is 31.4 Å². The average Bonchev–Trinajstić information content (AvgIpc) is 2.23. The molecule has 0 aliphatic heterocycles. The van der Waals surface area contributed by atoms with E-state index in [4.69, 9.17) is 9.84 Å². The Hall–Kier alpha value is -1.91. The molecule has 0 atom stereocenters. The van der Waals surface area contributed by atoms with Gasteiger partial charge in [-0.3, -0.25) is 0 Å². The van der Waals surface area contributed by atoms with Crippen LogP contribution in [0.4, 0.5) is 0 Å². The van der Waals surface area contributed by atoms with Crippen molar-refractivity contribution in [1.82, 2.24) is 0 Å². The van der Waals surface area contributed by atoms with Gasteiger partial charge in [0.2, 0.25) is 0 Å². The minimum Gasteiger partial charge on any atom is -0.508 e. The van der Waals surface area contributed by atoms with Gasteiger partial charge in [-0.15, -0.1) is 0 Å². The largest absolute Gasteiger partial charge is 0.508 e. The SMILES string of the molecule is CCCCCOC(=O)c1c(O)cc(O)cc1O. The standard InChI is InChI=1S/C12H16O5/c1-2-3-4-5-17-12(16)11-9(14)6-8(13)7-10(11)15/h6-7,13-15H,2-5H2,1H3. The molecule has 0 aromatic heterocycles. The molecule has 3 N–H and O–H groups in total. The van der Waals surface area contributed by atoms with Crippen LogP contribution in [0.1, 0.15) is 36.5 Å². The van der Waals surface area contributed by atoms with Crippen molar-refractivity contribution < 1.29 is 24.9 Å². The number of phenols is 3. The van der Waals surface area contributed by atoms with E-state index in [9.17, 15) is 15.0 Å². The van der Waals surface area contributed by atoms with Gasteiger partial charge in [0.15, 0.2) is 0 Å². The van der Waals surface area contributed by atoms with Gasteiger partial charge in [-0.05, 0) is 6.42 Å². The fraction of sp³-hybridized carbons (Fsp3) is 0.417. The molecule has 5 nitrogen and oxygen atoms in total. The molecule has 0 aliphatic carbocycles. The first-order chi connectivity index (χ1) is 8.06. The second-order valence-electron chi connectivity index (χ2n) is 3.70. The highest BCUT2D eigenvalue weighted by molar-refractivity contribution is 5.95. The summed E-state index contributed by atoms with van der Waals surface area (Å²) in [7, 11) is 0. The summed E-state index contributed by atoms with van der Waals surface area (Å²) in [6.45, 7) is 2.27. The number of hydrogen-bond donors (Lipinski definition) is 3. The lowest BCUT2D eigenvalue weighted by Crippen LogP contribution is -2.07. The topological polar surface area (TPSA) is 87.0 Å². The normalized spacial score (nSPS) is 10.2. The lowest BCUT2D eigenvalue weighted by molar-refractivity contribution is 0.0491.